The fraction of sp³-hybridized carbons (Fsp3) is 0.278. The normalized spacial score (nSPS) is 19.5. The number of rotatable bonds is 5. The number of nitrogens with zero attached hydrogens (tertiary/aromatic N) is 2. The van der Waals surface area contributed by atoms with Crippen molar-refractivity contribution in [3.8, 4) is 0 Å². The summed E-state index contributed by atoms with van der Waals surface area (Å²) in [7, 11) is 0. The Hall–Kier alpha value is -2.24. The number of aliphatic hydroxyl groups is 1. The third kappa shape index (κ3) is 2.70. The van der Waals surface area contributed by atoms with Crippen LogP contribution in [-0.2, 0) is 10.4 Å². The Kier molecular flexibility index (Phi) is 4.39. The van der Waals surface area contributed by atoms with Gasteiger partial charge in [0.15, 0.2) is 11.4 Å². The smallest absolute Gasteiger partial charge is 0.264 e. The topological polar surface area (TPSA) is 70.5 Å². The number of pyridine rings is 1. The van der Waals surface area contributed by atoms with E-state index in [4.69, 9.17) is 11.6 Å². The van der Waals surface area contributed by atoms with Crippen LogP contribution in [0.1, 0.15) is 35.8 Å². The summed E-state index contributed by atoms with van der Waals surface area (Å²) in [6.45, 7) is 2.41. The van der Waals surface area contributed by atoms with Crippen LogP contribution in [0.25, 0.3) is 0 Å². The quantitative estimate of drug-likeness (QED) is 0.846. The van der Waals surface area contributed by atoms with E-state index in [1.54, 1.807) is 36.4 Å². The van der Waals surface area contributed by atoms with Gasteiger partial charge in [0.25, 0.3) is 5.91 Å². The fourth-order valence-corrected chi connectivity index (χ4v) is 3.16. The maximum Gasteiger partial charge on any atom is 0.264 e. The Labute approximate surface area is 144 Å². The van der Waals surface area contributed by atoms with Crippen LogP contribution in [0.4, 0.5) is 5.69 Å². The minimum atomic E-state index is -1.91. The number of carbonyl (C=O) groups excluding carboxylic acids is 2. The average Bonchev–Trinajstić information content (AvgIpc) is 2.78. The predicted octanol–water partition coefficient (Wildman–Crippen LogP) is 2.95. The van der Waals surface area contributed by atoms with Crippen molar-refractivity contribution in [2.45, 2.75) is 25.4 Å². The van der Waals surface area contributed by atoms with E-state index in [1.165, 1.54) is 11.1 Å². The highest BCUT2D eigenvalue weighted by Gasteiger charge is 2.50. The number of aromatic nitrogens is 1. The van der Waals surface area contributed by atoms with Crippen LogP contribution < -0.4 is 4.90 Å². The molecule has 0 aliphatic carbocycles. The van der Waals surface area contributed by atoms with Crippen molar-refractivity contribution in [2.24, 2.45) is 0 Å². The highest BCUT2D eigenvalue weighted by molar-refractivity contribution is 6.31. The first-order valence-corrected chi connectivity index (χ1v) is 8.13. The van der Waals surface area contributed by atoms with Crippen molar-refractivity contribution in [3.05, 3.63) is 58.9 Å². The molecule has 2 aromatic rings. The van der Waals surface area contributed by atoms with Gasteiger partial charge in [-0.3, -0.25) is 14.6 Å². The highest BCUT2D eigenvalue weighted by atomic mass is 35.5. The molecule has 0 saturated carbocycles. The lowest BCUT2D eigenvalue weighted by atomic mass is 9.89. The lowest BCUT2D eigenvalue weighted by molar-refractivity contribution is -0.135. The fourth-order valence-electron chi connectivity index (χ4n) is 2.99. The van der Waals surface area contributed by atoms with Crippen LogP contribution in [0.3, 0.4) is 0 Å². The maximum atomic E-state index is 12.8. The number of amides is 1. The van der Waals surface area contributed by atoms with Gasteiger partial charge in [0.05, 0.1) is 12.1 Å². The van der Waals surface area contributed by atoms with Crippen molar-refractivity contribution in [3.63, 3.8) is 0 Å². The number of hydrogen-bond acceptors (Lipinski definition) is 4. The summed E-state index contributed by atoms with van der Waals surface area (Å²) < 4.78 is 0. The molecule has 124 valence electrons. The lowest BCUT2D eigenvalue weighted by Gasteiger charge is -2.22. The molecular weight excluding hydrogens is 328 g/mol. The molecule has 6 heteroatoms. The van der Waals surface area contributed by atoms with Crippen LogP contribution in [0.5, 0.6) is 0 Å². The van der Waals surface area contributed by atoms with E-state index < -0.39 is 17.3 Å². The molecule has 1 N–H and O–H groups in total. The molecule has 1 amide bonds. The molecule has 0 unspecified atom stereocenters. The molecule has 1 atom stereocenters. The van der Waals surface area contributed by atoms with Crippen molar-refractivity contribution in [2.75, 3.05) is 11.4 Å². The van der Waals surface area contributed by atoms with Gasteiger partial charge in [-0.05, 0) is 36.8 Å². The first kappa shape index (κ1) is 16.6. The number of Topliss-reactive ketones (excluding diaryl/α,β-unsaturated/α-hetero) is 1. The second-order valence-electron chi connectivity index (χ2n) is 5.79. The zero-order valence-corrected chi connectivity index (χ0v) is 14.0. The summed E-state index contributed by atoms with van der Waals surface area (Å²) in [6, 6.07) is 9.88. The molecule has 0 fully saturated rings. The Balaban J connectivity index is 2.01. The number of benzene rings is 1. The Morgan fingerprint density at radius 2 is 2.12 bits per heavy atom. The zero-order chi connectivity index (χ0) is 17.3. The molecule has 0 saturated heterocycles. The number of ketones is 1. The first-order valence-electron chi connectivity index (χ1n) is 7.76. The maximum absolute atomic E-state index is 12.8. The number of fused-ring (bicyclic) bond motifs is 1. The van der Waals surface area contributed by atoms with Gasteiger partial charge in [0.1, 0.15) is 5.69 Å². The number of hydrogen-bond donors (Lipinski definition) is 1. The van der Waals surface area contributed by atoms with E-state index in [0.717, 1.165) is 6.42 Å². The van der Waals surface area contributed by atoms with Gasteiger partial charge in [0.2, 0.25) is 0 Å². The van der Waals surface area contributed by atoms with Gasteiger partial charge < -0.3 is 10.0 Å². The van der Waals surface area contributed by atoms with Crippen LogP contribution in [-0.4, -0.2) is 28.3 Å². The zero-order valence-electron chi connectivity index (χ0n) is 13.2. The van der Waals surface area contributed by atoms with Crippen LogP contribution >= 0.6 is 11.6 Å². The van der Waals surface area contributed by atoms with Crippen LogP contribution in [0.2, 0.25) is 5.02 Å². The highest BCUT2D eigenvalue weighted by Crippen LogP contribution is 2.44. The Bertz CT molecular complexity index is 794. The lowest BCUT2D eigenvalue weighted by Crippen LogP contribution is -2.42. The first-order chi connectivity index (χ1) is 11.5. The molecule has 0 bridgehead atoms. The second-order valence-corrected chi connectivity index (χ2v) is 6.23. The van der Waals surface area contributed by atoms with E-state index in [1.807, 2.05) is 6.92 Å². The van der Waals surface area contributed by atoms with Gasteiger partial charge in [-0.1, -0.05) is 24.6 Å². The molecule has 2 heterocycles. The number of halogens is 1. The molecule has 1 aromatic heterocycles. The summed E-state index contributed by atoms with van der Waals surface area (Å²) in [5.41, 5.74) is -0.721. The molecule has 1 aliphatic rings. The average molecular weight is 345 g/mol. The molecule has 1 aliphatic heterocycles. The number of anilines is 1. The summed E-state index contributed by atoms with van der Waals surface area (Å²) in [5, 5.41) is 11.5. The van der Waals surface area contributed by atoms with E-state index in [0.29, 0.717) is 22.8 Å². The molecular formula is C18H17ClN2O3. The van der Waals surface area contributed by atoms with Crippen molar-refractivity contribution >= 4 is 29.0 Å². The van der Waals surface area contributed by atoms with Gasteiger partial charge >= 0.3 is 0 Å². The van der Waals surface area contributed by atoms with E-state index in [9.17, 15) is 14.7 Å². The largest absolute Gasteiger partial charge is 0.375 e. The molecule has 0 spiro atoms. The van der Waals surface area contributed by atoms with Crippen molar-refractivity contribution < 1.29 is 14.7 Å². The third-order valence-corrected chi connectivity index (χ3v) is 4.34. The summed E-state index contributed by atoms with van der Waals surface area (Å²) in [5.74, 6) is -0.887. The minimum Gasteiger partial charge on any atom is -0.375 e. The molecule has 3 rings (SSSR count). The Morgan fingerprint density at radius 1 is 1.33 bits per heavy atom. The van der Waals surface area contributed by atoms with E-state index in [2.05, 4.69) is 4.98 Å². The summed E-state index contributed by atoms with van der Waals surface area (Å²) in [4.78, 5) is 30.8. The molecule has 5 nitrogen and oxygen atoms in total. The molecule has 24 heavy (non-hydrogen) atoms. The van der Waals surface area contributed by atoms with Gasteiger partial charge in [-0.15, -0.1) is 0 Å². The summed E-state index contributed by atoms with van der Waals surface area (Å²) >= 11 is 6.04. The predicted molar refractivity (Wildman–Crippen MR) is 91.2 cm³/mol. The third-order valence-electron chi connectivity index (χ3n) is 4.11. The van der Waals surface area contributed by atoms with Gasteiger partial charge in [-0.25, -0.2) is 0 Å². The van der Waals surface area contributed by atoms with Crippen LogP contribution in [0, 0.1) is 0 Å². The molecule has 1 aromatic carbocycles. The van der Waals surface area contributed by atoms with Gasteiger partial charge in [0, 0.05) is 23.3 Å². The minimum absolute atomic E-state index is 0.219. The van der Waals surface area contributed by atoms with E-state index in [-0.39, 0.29) is 12.1 Å². The SMILES string of the molecule is CCCN1C(=O)[C@](O)(CC(=O)c2ccccn2)c2cc(Cl)ccc21. The molecule has 0 radical (unpaired) electrons. The second kappa shape index (κ2) is 6.34. The van der Waals surface area contributed by atoms with Gasteiger partial charge in [-0.2, -0.15) is 0 Å². The number of carbonyl (C=O) groups is 2. The Morgan fingerprint density at radius 3 is 2.79 bits per heavy atom. The van der Waals surface area contributed by atoms with Crippen molar-refractivity contribution in [1.82, 2.24) is 4.98 Å². The van der Waals surface area contributed by atoms with E-state index >= 15 is 0 Å². The standard InChI is InChI=1S/C18H17ClN2O3/c1-2-9-21-15-7-6-12(19)10-13(15)18(24,17(21)23)11-16(22)14-5-3-4-8-20-14/h3-8,10,24H,2,9,11H2,1H3/t18-/m0/s1. The summed E-state index contributed by atoms with van der Waals surface area (Å²) in [6.07, 6.45) is 1.87. The monoisotopic (exact) mass is 344 g/mol. The van der Waals surface area contributed by atoms with Crippen LogP contribution in [0.15, 0.2) is 42.6 Å². The van der Waals surface area contributed by atoms with Crippen molar-refractivity contribution in [1.29, 1.82) is 0 Å².